The van der Waals surface area contributed by atoms with E-state index in [-0.39, 0.29) is 18.7 Å². The van der Waals surface area contributed by atoms with E-state index in [1.807, 2.05) is 0 Å². The number of aromatic nitrogens is 3. The third kappa shape index (κ3) is 3.18. The summed E-state index contributed by atoms with van der Waals surface area (Å²) in [6.45, 7) is 0.178. The molecule has 0 saturated carbocycles. The van der Waals surface area contributed by atoms with E-state index < -0.39 is 16.7 Å². The first-order valence-corrected chi connectivity index (χ1v) is 5.39. The Hall–Kier alpha value is -2.64. The average Bonchev–Trinajstić information content (AvgIpc) is 2.86. The van der Waals surface area contributed by atoms with E-state index in [2.05, 4.69) is 10.1 Å². The van der Waals surface area contributed by atoms with E-state index in [1.54, 1.807) is 0 Å². The first kappa shape index (κ1) is 12.8. The quantitative estimate of drug-likeness (QED) is 0.464. The lowest BCUT2D eigenvalue weighted by Crippen LogP contribution is -2.07. The Morgan fingerprint density at radius 3 is 2.63 bits per heavy atom. The van der Waals surface area contributed by atoms with Gasteiger partial charge in [0.2, 0.25) is 6.33 Å². The zero-order chi connectivity index (χ0) is 13.8. The zero-order valence-electron chi connectivity index (χ0n) is 9.69. The van der Waals surface area contributed by atoms with Crippen molar-refractivity contribution in [3.05, 3.63) is 52.1 Å². The molecule has 0 radical (unpaired) electrons. The van der Waals surface area contributed by atoms with Gasteiger partial charge in [-0.15, -0.1) is 0 Å². The molecule has 1 aromatic carbocycles. The molecule has 8 heteroatoms. The van der Waals surface area contributed by atoms with E-state index in [9.17, 15) is 19.3 Å². The molecule has 0 aliphatic rings. The topological polar surface area (TPSA) is 90.9 Å². The Labute approximate surface area is 106 Å². The van der Waals surface area contributed by atoms with Crippen molar-refractivity contribution in [1.82, 2.24) is 14.8 Å². The molecule has 0 amide bonds. The highest BCUT2D eigenvalue weighted by molar-refractivity contribution is 5.95. The van der Waals surface area contributed by atoms with Crippen LogP contribution in [-0.2, 0) is 6.54 Å². The number of aryl methyl sites for hydroxylation is 1. The largest absolute Gasteiger partial charge is 0.490 e. The Morgan fingerprint density at radius 2 is 2.05 bits per heavy atom. The summed E-state index contributed by atoms with van der Waals surface area (Å²) >= 11 is 0. The molecule has 0 spiro atoms. The second-order valence-corrected chi connectivity index (χ2v) is 3.74. The van der Waals surface area contributed by atoms with Crippen LogP contribution in [0, 0.1) is 15.9 Å². The summed E-state index contributed by atoms with van der Waals surface area (Å²) < 4.78 is 13.9. The number of carbonyl (C=O) groups excluding carboxylic acids is 1. The lowest BCUT2D eigenvalue weighted by atomic mass is 10.1. The SMILES string of the molecule is O=C(CCn1cnc([N+](=O)[O-])n1)c1ccc(F)cc1. The highest BCUT2D eigenvalue weighted by Gasteiger charge is 2.14. The summed E-state index contributed by atoms with van der Waals surface area (Å²) in [5, 5.41) is 14.0. The van der Waals surface area contributed by atoms with Crippen molar-refractivity contribution in [2.45, 2.75) is 13.0 Å². The molecule has 0 bridgehead atoms. The summed E-state index contributed by atoms with van der Waals surface area (Å²) in [6.07, 6.45) is 1.29. The van der Waals surface area contributed by atoms with Crippen molar-refractivity contribution in [3.8, 4) is 0 Å². The standard InChI is InChI=1S/C11H9FN4O3/c12-9-3-1-8(2-4-9)10(17)5-6-15-7-13-11(14-15)16(18)19/h1-4,7H,5-6H2. The third-order valence-electron chi connectivity index (χ3n) is 2.42. The van der Waals surface area contributed by atoms with E-state index in [1.165, 1.54) is 35.3 Å². The molecular weight excluding hydrogens is 255 g/mol. The fourth-order valence-corrected chi connectivity index (χ4v) is 1.47. The maximum atomic E-state index is 12.7. The maximum Gasteiger partial charge on any atom is 0.490 e. The van der Waals surface area contributed by atoms with Gasteiger partial charge in [-0.25, -0.2) is 4.39 Å². The van der Waals surface area contributed by atoms with Gasteiger partial charge in [0.15, 0.2) is 5.78 Å². The van der Waals surface area contributed by atoms with Crippen LogP contribution >= 0.6 is 0 Å². The summed E-state index contributed by atoms with van der Waals surface area (Å²) in [6, 6.07) is 5.18. The number of halogens is 1. The molecule has 0 saturated heterocycles. The zero-order valence-corrected chi connectivity index (χ0v) is 9.69. The number of hydrogen-bond acceptors (Lipinski definition) is 5. The van der Waals surface area contributed by atoms with Crippen LogP contribution in [0.1, 0.15) is 16.8 Å². The number of benzene rings is 1. The number of Topliss-reactive ketones (excluding diaryl/α,β-unsaturated/α-hetero) is 1. The maximum absolute atomic E-state index is 12.7. The number of nitrogens with zero attached hydrogens (tertiary/aromatic N) is 4. The summed E-state index contributed by atoms with van der Waals surface area (Å²) in [7, 11) is 0. The van der Waals surface area contributed by atoms with Crippen molar-refractivity contribution in [2.24, 2.45) is 0 Å². The Bertz CT molecular complexity index is 609. The molecule has 7 nitrogen and oxygen atoms in total. The van der Waals surface area contributed by atoms with Gasteiger partial charge < -0.3 is 10.1 Å². The first-order chi connectivity index (χ1) is 9.06. The number of ketones is 1. The minimum absolute atomic E-state index is 0.103. The monoisotopic (exact) mass is 264 g/mol. The second kappa shape index (κ2) is 5.34. The molecule has 19 heavy (non-hydrogen) atoms. The number of carbonyl (C=O) groups is 1. The van der Waals surface area contributed by atoms with Crippen LogP contribution in [0.2, 0.25) is 0 Å². The normalized spacial score (nSPS) is 10.4. The molecule has 0 fully saturated rings. The first-order valence-electron chi connectivity index (χ1n) is 5.39. The Balaban J connectivity index is 1.96. The van der Waals surface area contributed by atoms with E-state index in [4.69, 9.17) is 0 Å². The Morgan fingerprint density at radius 1 is 1.37 bits per heavy atom. The molecule has 0 atom stereocenters. The van der Waals surface area contributed by atoms with E-state index >= 15 is 0 Å². The molecule has 2 aromatic rings. The molecule has 0 aliphatic heterocycles. The van der Waals surface area contributed by atoms with Gasteiger partial charge in [-0.1, -0.05) is 4.98 Å². The molecule has 1 aromatic heterocycles. The van der Waals surface area contributed by atoms with Gasteiger partial charge >= 0.3 is 5.95 Å². The van der Waals surface area contributed by atoms with E-state index in [0.29, 0.717) is 5.56 Å². The van der Waals surface area contributed by atoms with E-state index in [0.717, 1.165) is 0 Å². The minimum atomic E-state index is -0.710. The van der Waals surface area contributed by atoms with Crippen LogP contribution in [0.3, 0.4) is 0 Å². The van der Waals surface area contributed by atoms with Gasteiger partial charge in [-0.05, 0) is 29.2 Å². The van der Waals surface area contributed by atoms with Crippen LogP contribution < -0.4 is 0 Å². The molecule has 98 valence electrons. The number of rotatable bonds is 5. The number of nitro groups is 1. The summed E-state index contributed by atoms with van der Waals surface area (Å²) in [5.74, 6) is -1.11. The molecule has 0 aliphatic carbocycles. The number of hydrogen-bond donors (Lipinski definition) is 0. The lowest BCUT2D eigenvalue weighted by molar-refractivity contribution is -0.394. The van der Waals surface area contributed by atoms with Gasteiger partial charge in [0.05, 0.1) is 6.54 Å². The predicted molar refractivity (Wildman–Crippen MR) is 62.0 cm³/mol. The highest BCUT2D eigenvalue weighted by Crippen LogP contribution is 2.07. The van der Waals surface area contributed by atoms with Crippen molar-refractivity contribution >= 4 is 11.7 Å². The second-order valence-electron chi connectivity index (χ2n) is 3.74. The van der Waals surface area contributed by atoms with Gasteiger partial charge in [-0.2, -0.15) is 4.68 Å². The smallest absolute Gasteiger partial charge is 0.390 e. The van der Waals surface area contributed by atoms with Crippen LogP contribution in [0.4, 0.5) is 10.3 Å². The van der Waals surface area contributed by atoms with Crippen LogP contribution in [0.25, 0.3) is 0 Å². The fraction of sp³-hybridized carbons (Fsp3) is 0.182. The van der Waals surface area contributed by atoms with Crippen LogP contribution in [0.15, 0.2) is 30.6 Å². The molecule has 0 unspecified atom stereocenters. The van der Waals surface area contributed by atoms with Gasteiger partial charge in [0.25, 0.3) is 0 Å². The molecular formula is C11H9FN4O3. The van der Waals surface area contributed by atoms with Gasteiger partial charge in [0.1, 0.15) is 5.82 Å². The van der Waals surface area contributed by atoms with Gasteiger partial charge in [0, 0.05) is 17.1 Å². The predicted octanol–water partition coefficient (Wildman–Crippen LogP) is 1.60. The minimum Gasteiger partial charge on any atom is -0.390 e. The lowest BCUT2D eigenvalue weighted by Gasteiger charge is -1.99. The Kier molecular flexibility index (Phi) is 3.60. The van der Waals surface area contributed by atoms with Crippen molar-refractivity contribution in [1.29, 1.82) is 0 Å². The van der Waals surface area contributed by atoms with Crippen LogP contribution in [0.5, 0.6) is 0 Å². The average molecular weight is 264 g/mol. The van der Waals surface area contributed by atoms with Crippen LogP contribution in [-0.4, -0.2) is 25.5 Å². The molecule has 0 N–H and O–H groups in total. The summed E-state index contributed by atoms with van der Waals surface area (Å²) in [4.78, 5) is 24.9. The summed E-state index contributed by atoms with van der Waals surface area (Å²) in [5.41, 5.74) is 0.385. The fourth-order valence-electron chi connectivity index (χ4n) is 1.47. The third-order valence-corrected chi connectivity index (χ3v) is 2.42. The molecule has 1 heterocycles. The van der Waals surface area contributed by atoms with Crippen molar-refractivity contribution in [3.63, 3.8) is 0 Å². The van der Waals surface area contributed by atoms with Crippen molar-refractivity contribution < 1.29 is 14.1 Å². The van der Waals surface area contributed by atoms with Gasteiger partial charge in [-0.3, -0.25) is 4.79 Å². The highest BCUT2D eigenvalue weighted by atomic mass is 19.1. The van der Waals surface area contributed by atoms with Crippen molar-refractivity contribution in [2.75, 3.05) is 0 Å². The molecule has 2 rings (SSSR count).